The molecule has 1 fully saturated rings. The number of pyridine rings is 3. The predicted molar refractivity (Wildman–Crippen MR) is 257 cm³/mol. The Morgan fingerprint density at radius 2 is 1.14 bits per heavy atom. The van der Waals surface area contributed by atoms with Crippen molar-refractivity contribution in [1.29, 1.82) is 0 Å². The second-order valence-corrected chi connectivity index (χ2v) is 18.8. The number of hydrogen-bond donors (Lipinski definition) is 1. The highest BCUT2D eigenvalue weighted by atomic mass is 35.5. The number of hydrogen-bond acceptors (Lipinski definition) is 7. The maximum Gasteiger partial charge on any atom is 1.20 e. The first-order valence-corrected chi connectivity index (χ1v) is 24.3. The Kier molecular flexibility index (Phi) is 12.6. The second-order valence-electron chi connectivity index (χ2n) is 16.7. The van der Waals surface area contributed by atoms with Crippen LogP contribution < -0.4 is 16.7 Å². The summed E-state index contributed by atoms with van der Waals surface area (Å²) in [5.74, 6) is 4.18. The maximum atomic E-state index is 6.93. The molecule has 5 aromatic carbocycles. The minimum absolute atomic E-state index is 0.487. The lowest BCUT2D eigenvalue weighted by atomic mass is 9.88. The fourth-order valence-corrected chi connectivity index (χ4v) is 11.5. The van der Waals surface area contributed by atoms with Gasteiger partial charge >= 0.3 is 15.1 Å². The summed E-state index contributed by atoms with van der Waals surface area (Å²) in [5.41, 5.74) is 7.00. The zero-order valence-corrected chi connectivity index (χ0v) is 37.6. The predicted octanol–water partition coefficient (Wildman–Crippen LogP) is 13.7. The van der Waals surface area contributed by atoms with Gasteiger partial charge in [0.1, 0.15) is 33.8 Å². The SMILES string of the molecule is Clc1ccc([O][Al]([O]c2ccc(CNCCCCCCC3CC4C=CC3C4)c3cccnc23)[O]c2ccc(Cl)c3c(-c4ccccc4)ccnc23)c2nccc(-c3ccccc3)c12. The smallest absolute Gasteiger partial charge is 0.576 e. The Labute approximate surface area is 383 Å². The average molecular weight is 886 g/mol. The third-order valence-electron chi connectivity index (χ3n) is 12.7. The zero-order chi connectivity index (χ0) is 42.5. The first kappa shape index (κ1) is 41.5. The largest absolute Gasteiger partial charge is 1.20 e. The van der Waals surface area contributed by atoms with Gasteiger partial charge in [-0.25, -0.2) is 0 Å². The number of benzene rings is 5. The van der Waals surface area contributed by atoms with Crippen LogP contribution in [0.2, 0.25) is 10.0 Å². The molecule has 3 aromatic heterocycles. The van der Waals surface area contributed by atoms with Crippen molar-refractivity contribution in [2.24, 2.45) is 17.8 Å². The Balaban J connectivity index is 0.925. The molecule has 2 bridgehead atoms. The van der Waals surface area contributed by atoms with Crippen LogP contribution in [0.1, 0.15) is 50.5 Å². The lowest BCUT2D eigenvalue weighted by Gasteiger charge is -2.20. The topological polar surface area (TPSA) is 78.4 Å². The molecule has 8 aromatic rings. The Hall–Kier alpha value is -5.46. The highest BCUT2D eigenvalue weighted by molar-refractivity contribution is 6.41. The van der Waals surface area contributed by atoms with E-state index in [1.54, 1.807) is 18.6 Å². The number of unbranched alkanes of at least 4 members (excludes halogenated alkanes) is 3. The van der Waals surface area contributed by atoms with Crippen LogP contribution in [-0.4, -0.2) is 36.6 Å². The molecule has 7 nitrogen and oxygen atoms in total. The number of nitrogens with zero attached hydrogens (tertiary/aromatic N) is 3. The first-order chi connectivity index (χ1) is 31.1. The minimum atomic E-state index is -3.24. The third-order valence-corrected chi connectivity index (χ3v) is 14.6. The van der Waals surface area contributed by atoms with E-state index in [1.807, 2.05) is 84.9 Å². The molecule has 3 heterocycles. The molecular weight excluding hydrogens is 838 g/mol. The summed E-state index contributed by atoms with van der Waals surface area (Å²) in [4.78, 5) is 14.4. The number of rotatable bonds is 17. The van der Waals surface area contributed by atoms with Crippen LogP contribution in [0.4, 0.5) is 0 Å². The molecule has 0 radical (unpaired) electrons. The Morgan fingerprint density at radius 3 is 1.75 bits per heavy atom. The van der Waals surface area contributed by atoms with E-state index in [1.165, 1.54) is 38.5 Å². The van der Waals surface area contributed by atoms with Gasteiger partial charge in [0, 0.05) is 41.3 Å². The van der Waals surface area contributed by atoms with Gasteiger partial charge in [-0.2, -0.15) is 0 Å². The van der Waals surface area contributed by atoms with E-state index in [9.17, 15) is 0 Å². The molecule has 0 saturated heterocycles. The van der Waals surface area contributed by atoms with E-state index in [2.05, 4.69) is 53.9 Å². The number of aromatic nitrogens is 3. The highest BCUT2D eigenvalue weighted by Crippen LogP contribution is 2.46. The molecule has 63 heavy (non-hydrogen) atoms. The zero-order valence-electron chi connectivity index (χ0n) is 34.9. The summed E-state index contributed by atoms with van der Waals surface area (Å²) in [7, 11) is 0. The van der Waals surface area contributed by atoms with Gasteiger partial charge < -0.3 is 16.7 Å². The van der Waals surface area contributed by atoms with Gasteiger partial charge in [0.2, 0.25) is 0 Å². The van der Waals surface area contributed by atoms with Crippen LogP contribution in [0.15, 0.2) is 152 Å². The average Bonchev–Trinajstić information content (AvgIpc) is 3.97. The lowest BCUT2D eigenvalue weighted by Crippen LogP contribution is -2.37. The second kappa shape index (κ2) is 19.1. The van der Waals surface area contributed by atoms with E-state index < -0.39 is 15.1 Å². The van der Waals surface area contributed by atoms with E-state index in [0.29, 0.717) is 38.3 Å². The highest BCUT2D eigenvalue weighted by Gasteiger charge is 2.46. The van der Waals surface area contributed by atoms with E-state index in [-0.39, 0.29) is 0 Å². The first-order valence-electron chi connectivity index (χ1n) is 22.1. The van der Waals surface area contributed by atoms with Crippen LogP contribution in [0.3, 0.4) is 0 Å². The van der Waals surface area contributed by atoms with Crippen molar-refractivity contribution in [3.8, 4) is 39.5 Å². The molecule has 2 aliphatic rings. The number of fused-ring (bicyclic) bond motifs is 5. The summed E-state index contributed by atoms with van der Waals surface area (Å²) in [6.07, 6.45) is 19.5. The molecule has 10 heteroatoms. The quantitative estimate of drug-likeness (QED) is 0.0554. The molecule has 314 valence electrons. The molecular formula is C53H47AlCl2N4O3. The van der Waals surface area contributed by atoms with Gasteiger partial charge in [0.25, 0.3) is 0 Å². The van der Waals surface area contributed by atoms with Crippen molar-refractivity contribution in [3.63, 3.8) is 0 Å². The van der Waals surface area contributed by atoms with Crippen molar-refractivity contribution in [2.75, 3.05) is 6.54 Å². The molecule has 3 atom stereocenters. The summed E-state index contributed by atoms with van der Waals surface area (Å²) < 4.78 is 20.7. The van der Waals surface area contributed by atoms with Crippen molar-refractivity contribution >= 4 is 71.1 Å². The molecule has 0 aliphatic heterocycles. The molecule has 0 amide bonds. The fraction of sp³-hybridized carbons (Fsp3) is 0.226. The monoisotopic (exact) mass is 884 g/mol. The van der Waals surface area contributed by atoms with Crippen molar-refractivity contribution in [1.82, 2.24) is 20.3 Å². The minimum Gasteiger partial charge on any atom is -0.576 e. The molecule has 1 N–H and O–H groups in total. The van der Waals surface area contributed by atoms with E-state index >= 15 is 0 Å². The normalized spacial score (nSPS) is 16.6. The van der Waals surface area contributed by atoms with Crippen molar-refractivity contribution in [3.05, 3.63) is 168 Å². The molecule has 3 unspecified atom stereocenters. The van der Waals surface area contributed by atoms with Gasteiger partial charge in [0.15, 0.2) is 0 Å². The van der Waals surface area contributed by atoms with E-state index in [4.69, 9.17) is 49.5 Å². The molecule has 0 spiro atoms. The van der Waals surface area contributed by atoms with Gasteiger partial charge in [-0.15, -0.1) is 0 Å². The van der Waals surface area contributed by atoms with Crippen molar-refractivity contribution < 1.29 is 11.4 Å². The maximum absolute atomic E-state index is 6.93. The molecule has 1 saturated carbocycles. The Bertz CT molecular complexity index is 2790. The number of allylic oxidation sites excluding steroid dienone is 2. The van der Waals surface area contributed by atoms with Crippen LogP contribution in [0.25, 0.3) is 55.0 Å². The van der Waals surface area contributed by atoms with Crippen LogP contribution in [0, 0.1) is 17.8 Å². The number of nitrogens with one attached hydrogen (secondary N) is 1. The summed E-state index contributed by atoms with van der Waals surface area (Å²) in [5, 5.41) is 7.38. The summed E-state index contributed by atoms with van der Waals surface area (Å²) in [6.45, 7) is 1.70. The van der Waals surface area contributed by atoms with Gasteiger partial charge in [0.05, 0.1) is 10.0 Å². The molecule has 2 aliphatic carbocycles. The molecule has 10 rings (SSSR count). The van der Waals surface area contributed by atoms with Crippen LogP contribution in [-0.2, 0) is 6.54 Å². The lowest BCUT2D eigenvalue weighted by molar-refractivity contribution is 0.311. The summed E-state index contributed by atoms with van der Waals surface area (Å²) in [6, 6.07) is 39.7. The Morgan fingerprint density at radius 1 is 0.556 bits per heavy atom. The van der Waals surface area contributed by atoms with Crippen LogP contribution in [0.5, 0.6) is 17.2 Å². The number of halogens is 2. The van der Waals surface area contributed by atoms with Gasteiger partial charge in [-0.05, 0) is 126 Å². The van der Waals surface area contributed by atoms with E-state index in [0.717, 1.165) is 86.8 Å². The van der Waals surface area contributed by atoms with Gasteiger partial charge in [-0.1, -0.05) is 127 Å². The van der Waals surface area contributed by atoms with Gasteiger partial charge in [-0.3, -0.25) is 15.0 Å². The fourth-order valence-electron chi connectivity index (χ4n) is 9.61. The standard InChI is InChI=1S/C23H30N2O.2C15H10ClNO.Al/c26-22-11-10-20(21-7-5-13-25-23(21)22)16-24-12-4-2-1-3-6-18-14-17-8-9-19(18)15-17;2*16-12-6-7-13(18)15-14(12)11(8-9-17-15)10-4-2-1-3-5-10;/h5,7-11,13,17-19,24,26H,1-4,6,12,14-16H2;2*1-9,18H;/q;;;+3/p-3. The third kappa shape index (κ3) is 9.02. The summed E-state index contributed by atoms with van der Waals surface area (Å²) >= 11 is 10.6. The van der Waals surface area contributed by atoms with Crippen LogP contribution >= 0.6 is 23.2 Å². The van der Waals surface area contributed by atoms with Crippen molar-refractivity contribution in [2.45, 2.75) is 51.5 Å².